The van der Waals surface area contributed by atoms with Gasteiger partial charge in [-0.25, -0.2) is 0 Å². The van der Waals surface area contributed by atoms with Crippen LogP contribution >= 0.6 is 0 Å². The maximum atomic E-state index is 12.2. The first kappa shape index (κ1) is 15.2. The molecule has 3 nitrogen and oxygen atoms in total. The summed E-state index contributed by atoms with van der Waals surface area (Å²) in [6.45, 7) is 4.16. The summed E-state index contributed by atoms with van der Waals surface area (Å²) < 4.78 is 0. The van der Waals surface area contributed by atoms with E-state index in [9.17, 15) is 4.79 Å². The van der Waals surface area contributed by atoms with Gasteiger partial charge in [-0.3, -0.25) is 9.78 Å². The lowest BCUT2D eigenvalue weighted by Gasteiger charge is -2.14. The second-order valence-corrected chi connectivity index (χ2v) is 5.28. The standard InChI is InChI=1S/C18H22N2O/c1-3-4-5-15-6-8-17(9-7-15)18(21)20-14(2)16-10-12-19-13-11-16/h6-14H,3-5H2,1-2H3,(H,20,21). The van der Waals surface area contributed by atoms with Gasteiger partial charge in [-0.15, -0.1) is 0 Å². The average Bonchev–Trinajstić information content (AvgIpc) is 2.54. The third kappa shape index (κ3) is 4.42. The molecule has 1 atom stereocenters. The van der Waals surface area contributed by atoms with Crippen LogP contribution in [-0.2, 0) is 6.42 Å². The molecule has 0 aliphatic rings. The van der Waals surface area contributed by atoms with E-state index in [4.69, 9.17) is 0 Å². The van der Waals surface area contributed by atoms with Gasteiger partial charge in [-0.05, 0) is 55.2 Å². The zero-order valence-corrected chi connectivity index (χ0v) is 12.7. The molecule has 0 bridgehead atoms. The van der Waals surface area contributed by atoms with Crippen LogP contribution in [0.3, 0.4) is 0 Å². The van der Waals surface area contributed by atoms with Gasteiger partial charge in [0.1, 0.15) is 0 Å². The maximum absolute atomic E-state index is 12.2. The second kappa shape index (κ2) is 7.58. The fourth-order valence-corrected chi connectivity index (χ4v) is 2.22. The van der Waals surface area contributed by atoms with E-state index in [1.165, 1.54) is 18.4 Å². The molecule has 0 aliphatic heterocycles. The number of amides is 1. The molecule has 2 aromatic rings. The van der Waals surface area contributed by atoms with Gasteiger partial charge in [0.25, 0.3) is 5.91 Å². The molecule has 110 valence electrons. The van der Waals surface area contributed by atoms with Crippen LogP contribution in [0.2, 0.25) is 0 Å². The normalized spacial score (nSPS) is 11.9. The number of aromatic nitrogens is 1. The summed E-state index contributed by atoms with van der Waals surface area (Å²) in [7, 11) is 0. The Morgan fingerprint density at radius 2 is 1.81 bits per heavy atom. The topological polar surface area (TPSA) is 42.0 Å². The number of carbonyl (C=O) groups excluding carboxylic acids is 1. The number of carbonyl (C=O) groups is 1. The molecule has 1 N–H and O–H groups in total. The Bertz CT molecular complexity index is 564. The van der Waals surface area contributed by atoms with E-state index < -0.39 is 0 Å². The molecule has 0 aliphatic carbocycles. The minimum atomic E-state index is -0.0404. The van der Waals surface area contributed by atoms with E-state index in [1.807, 2.05) is 43.3 Å². The van der Waals surface area contributed by atoms with Crippen LogP contribution in [0.5, 0.6) is 0 Å². The predicted molar refractivity (Wildman–Crippen MR) is 85.2 cm³/mol. The molecule has 21 heavy (non-hydrogen) atoms. The number of unbranched alkanes of at least 4 members (excludes halogenated alkanes) is 1. The average molecular weight is 282 g/mol. The lowest BCUT2D eigenvalue weighted by atomic mass is 10.1. The third-order valence-corrected chi connectivity index (χ3v) is 3.59. The van der Waals surface area contributed by atoms with Gasteiger partial charge in [0, 0.05) is 18.0 Å². The van der Waals surface area contributed by atoms with Crippen molar-refractivity contribution in [3.05, 3.63) is 65.5 Å². The SMILES string of the molecule is CCCCc1ccc(C(=O)NC(C)c2ccncc2)cc1. The van der Waals surface area contributed by atoms with E-state index in [0.717, 1.165) is 12.0 Å². The van der Waals surface area contributed by atoms with Gasteiger partial charge in [-0.1, -0.05) is 25.5 Å². The largest absolute Gasteiger partial charge is 0.346 e. The number of rotatable bonds is 6. The van der Waals surface area contributed by atoms with Gasteiger partial charge in [0.15, 0.2) is 0 Å². The molecule has 0 saturated carbocycles. The summed E-state index contributed by atoms with van der Waals surface area (Å²) in [5.74, 6) is -0.0404. The van der Waals surface area contributed by atoms with Gasteiger partial charge < -0.3 is 5.32 Å². The maximum Gasteiger partial charge on any atom is 0.251 e. The van der Waals surface area contributed by atoms with E-state index >= 15 is 0 Å². The summed E-state index contributed by atoms with van der Waals surface area (Å²) in [6, 6.07) is 11.7. The van der Waals surface area contributed by atoms with Gasteiger partial charge in [0.05, 0.1) is 6.04 Å². The number of hydrogen-bond acceptors (Lipinski definition) is 2. The molecule has 1 aromatic heterocycles. The van der Waals surface area contributed by atoms with Crippen molar-refractivity contribution in [2.75, 3.05) is 0 Å². The molecular formula is C18H22N2O. The Hall–Kier alpha value is -2.16. The van der Waals surface area contributed by atoms with Crippen molar-refractivity contribution in [1.29, 1.82) is 0 Å². The molecule has 1 heterocycles. The molecule has 1 aromatic carbocycles. The Kier molecular flexibility index (Phi) is 5.50. The van der Waals surface area contributed by atoms with Crippen LogP contribution in [0.25, 0.3) is 0 Å². The molecule has 0 saturated heterocycles. The first-order chi connectivity index (χ1) is 10.2. The zero-order valence-electron chi connectivity index (χ0n) is 12.7. The number of nitrogens with zero attached hydrogens (tertiary/aromatic N) is 1. The van der Waals surface area contributed by atoms with Crippen molar-refractivity contribution >= 4 is 5.91 Å². The minimum Gasteiger partial charge on any atom is -0.346 e. The summed E-state index contributed by atoms with van der Waals surface area (Å²) >= 11 is 0. The van der Waals surface area contributed by atoms with Crippen LogP contribution in [0, 0.1) is 0 Å². The first-order valence-electron chi connectivity index (χ1n) is 7.50. The third-order valence-electron chi connectivity index (χ3n) is 3.59. The Morgan fingerprint density at radius 3 is 2.43 bits per heavy atom. The fourth-order valence-electron chi connectivity index (χ4n) is 2.22. The quantitative estimate of drug-likeness (QED) is 0.872. The molecule has 0 radical (unpaired) electrons. The van der Waals surface area contributed by atoms with E-state index in [-0.39, 0.29) is 11.9 Å². The number of nitrogens with one attached hydrogen (secondary N) is 1. The summed E-state index contributed by atoms with van der Waals surface area (Å²) in [5.41, 5.74) is 3.05. The summed E-state index contributed by atoms with van der Waals surface area (Å²) in [6.07, 6.45) is 6.92. The molecule has 0 spiro atoms. The van der Waals surface area contributed by atoms with Crippen molar-refractivity contribution < 1.29 is 4.79 Å². The lowest BCUT2D eigenvalue weighted by molar-refractivity contribution is 0.0940. The first-order valence-corrected chi connectivity index (χ1v) is 7.50. The van der Waals surface area contributed by atoms with E-state index in [1.54, 1.807) is 12.4 Å². The molecule has 1 amide bonds. The number of pyridine rings is 1. The van der Waals surface area contributed by atoms with E-state index in [2.05, 4.69) is 17.2 Å². The highest BCUT2D eigenvalue weighted by molar-refractivity contribution is 5.94. The summed E-state index contributed by atoms with van der Waals surface area (Å²) in [4.78, 5) is 16.2. The van der Waals surface area contributed by atoms with Crippen LogP contribution in [0.1, 0.15) is 54.2 Å². The monoisotopic (exact) mass is 282 g/mol. The highest BCUT2D eigenvalue weighted by Crippen LogP contribution is 2.13. The molecule has 2 rings (SSSR count). The molecule has 3 heteroatoms. The highest BCUT2D eigenvalue weighted by atomic mass is 16.1. The van der Waals surface area contributed by atoms with Crippen molar-refractivity contribution in [3.63, 3.8) is 0 Å². The highest BCUT2D eigenvalue weighted by Gasteiger charge is 2.11. The zero-order chi connectivity index (χ0) is 15.1. The Labute approximate surface area is 126 Å². The lowest BCUT2D eigenvalue weighted by Crippen LogP contribution is -2.26. The van der Waals surface area contributed by atoms with Crippen LogP contribution in [0.15, 0.2) is 48.8 Å². The van der Waals surface area contributed by atoms with Crippen LogP contribution in [0.4, 0.5) is 0 Å². The predicted octanol–water partition coefficient (Wildman–Crippen LogP) is 3.92. The van der Waals surface area contributed by atoms with Gasteiger partial charge >= 0.3 is 0 Å². The summed E-state index contributed by atoms with van der Waals surface area (Å²) in [5, 5.41) is 3.01. The van der Waals surface area contributed by atoms with Crippen molar-refractivity contribution in [2.24, 2.45) is 0 Å². The number of hydrogen-bond donors (Lipinski definition) is 1. The van der Waals surface area contributed by atoms with Gasteiger partial charge in [0.2, 0.25) is 0 Å². The minimum absolute atomic E-state index is 0.0275. The molecule has 0 fully saturated rings. The van der Waals surface area contributed by atoms with Crippen LogP contribution in [-0.4, -0.2) is 10.9 Å². The smallest absolute Gasteiger partial charge is 0.251 e. The Balaban J connectivity index is 1.97. The fraction of sp³-hybridized carbons (Fsp3) is 0.333. The van der Waals surface area contributed by atoms with Crippen molar-refractivity contribution in [3.8, 4) is 0 Å². The van der Waals surface area contributed by atoms with Crippen molar-refractivity contribution in [2.45, 2.75) is 39.2 Å². The molecule has 1 unspecified atom stereocenters. The van der Waals surface area contributed by atoms with E-state index in [0.29, 0.717) is 5.56 Å². The Morgan fingerprint density at radius 1 is 1.14 bits per heavy atom. The van der Waals surface area contributed by atoms with Crippen molar-refractivity contribution in [1.82, 2.24) is 10.3 Å². The van der Waals surface area contributed by atoms with Gasteiger partial charge in [-0.2, -0.15) is 0 Å². The van der Waals surface area contributed by atoms with Crippen LogP contribution < -0.4 is 5.32 Å². The second-order valence-electron chi connectivity index (χ2n) is 5.28. The number of aryl methyl sites for hydroxylation is 1. The molecular weight excluding hydrogens is 260 g/mol. The number of benzene rings is 1.